The topological polar surface area (TPSA) is 108 Å². The third-order valence-corrected chi connectivity index (χ3v) is 8.02. The number of likely N-dealkylation sites (tertiary alicyclic amines) is 1. The number of aromatic nitrogens is 1. The molecule has 5 atom stereocenters. The Kier molecular flexibility index (Phi) is 8.09. The van der Waals surface area contributed by atoms with E-state index in [2.05, 4.69) is 15.6 Å². The van der Waals surface area contributed by atoms with Crippen LogP contribution in [0.25, 0.3) is 0 Å². The lowest BCUT2D eigenvalue weighted by molar-refractivity contribution is -0.129. The molecule has 3 heterocycles. The number of carbonyl (C=O) groups is 2. The Labute approximate surface area is 224 Å². The number of aryl methyl sites for hydroxylation is 1. The van der Waals surface area contributed by atoms with Gasteiger partial charge in [-0.05, 0) is 69.6 Å². The van der Waals surface area contributed by atoms with Gasteiger partial charge >= 0.3 is 0 Å². The van der Waals surface area contributed by atoms with E-state index in [1.165, 1.54) is 0 Å². The van der Waals surface area contributed by atoms with Crippen molar-refractivity contribution in [2.75, 3.05) is 13.1 Å². The molecule has 3 aliphatic rings. The molecular weight excluding hydrogens is 480 g/mol. The summed E-state index contributed by atoms with van der Waals surface area (Å²) in [5, 5.41) is 17.7. The predicted octanol–water partition coefficient (Wildman–Crippen LogP) is 3.38. The Bertz CT molecular complexity index is 1200. The molecule has 1 aromatic heterocycles. The molecule has 0 radical (unpaired) electrons. The number of carbonyl (C=O) groups excluding carboxylic acids is 2. The quantitative estimate of drug-likeness (QED) is 0.495. The highest BCUT2D eigenvalue weighted by Crippen LogP contribution is 2.35. The van der Waals surface area contributed by atoms with Gasteiger partial charge in [0.1, 0.15) is 12.3 Å². The average Bonchev–Trinajstić information content (AvgIpc) is 3.70. The summed E-state index contributed by atoms with van der Waals surface area (Å²) in [7, 11) is 0. The van der Waals surface area contributed by atoms with E-state index < -0.39 is 12.1 Å². The van der Waals surface area contributed by atoms with Gasteiger partial charge in [0.2, 0.25) is 5.89 Å². The number of aliphatic hydroxyl groups is 1. The van der Waals surface area contributed by atoms with Crippen LogP contribution in [-0.4, -0.2) is 58.1 Å². The minimum atomic E-state index is -0.718. The molecule has 3 N–H and O–H groups in total. The Hall–Kier alpha value is -3.23. The predicted molar refractivity (Wildman–Crippen MR) is 144 cm³/mol. The van der Waals surface area contributed by atoms with Crippen LogP contribution in [0.3, 0.4) is 0 Å². The lowest BCUT2D eigenvalue weighted by atomic mass is 9.88. The number of oxazole rings is 1. The molecule has 0 saturated carbocycles. The summed E-state index contributed by atoms with van der Waals surface area (Å²) in [5.74, 6) is 0.246. The van der Waals surface area contributed by atoms with Crippen LogP contribution in [0.4, 0.5) is 0 Å². The molecule has 5 rings (SSSR count). The van der Waals surface area contributed by atoms with Crippen LogP contribution in [0.2, 0.25) is 0 Å². The fourth-order valence-electron chi connectivity index (χ4n) is 5.85. The first-order valence-electron chi connectivity index (χ1n) is 13.8. The molecule has 2 saturated heterocycles. The minimum absolute atomic E-state index is 0.00000823. The van der Waals surface area contributed by atoms with E-state index in [9.17, 15) is 14.7 Å². The number of nitrogens with zero attached hydrogens (tertiary/aromatic N) is 2. The first-order chi connectivity index (χ1) is 18.4. The summed E-state index contributed by atoms with van der Waals surface area (Å²) in [6, 6.07) is 9.21. The number of rotatable bonds is 8. The Morgan fingerprint density at radius 2 is 2.05 bits per heavy atom. The summed E-state index contributed by atoms with van der Waals surface area (Å²) in [4.78, 5) is 33.5. The fraction of sp³-hybridized carbons (Fsp3) is 0.500. The van der Waals surface area contributed by atoms with Crippen molar-refractivity contribution in [2.45, 2.75) is 76.6 Å². The summed E-state index contributed by atoms with van der Waals surface area (Å²) >= 11 is 0. The average molecular weight is 519 g/mol. The van der Waals surface area contributed by atoms with E-state index in [1.54, 1.807) is 12.3 Å². The van der Waals surface area contributed by atoms with Crippen LogP contribution in [0, 0.1) is 12.8 Å². The lowest BCUT2D eigenvalue weighted by Crippen LogP contribution is -2.52. The number of hydrogen-bond donors (Lipinski definition) is 3. The van der Waals surface area contributed by atoms with Gasteiger partial charge in [0, 0.05) is 23.7 Å². The molecule has 1 aromatic carbocycles. The second-order valence-electron chi connectivity index (χ2n) is 10.8. The Morgan fingerprint density at radius 3 is 2.76 bits per heavy atom. The molecule has 8 nitrogen and oxygen atoms in total. The smallest absolute Gasteiger partial charge is 0.251 e. The SMILES string of the molecule is Cc1coc([C@H]2CCCN2C(=O)C2=CC(C(=O)N[C@@H](Cc3ccccc3)[C@H](O)[C@H]3CCCN3)=CCC2C)n1. The molecule has 202 valence electrons. The highest BCUT2D eigenvalue weighted by molar-refractivity contribution is 6.02. The summed E-state index contributed by atoms with van der Waals surface area (Å²) < 4.78 is 5.63. The molecule has 1 unspecified atom stereocenters. The van der Waals surface area contributed by atoms with Gasteiger partial charge in [-0.15, -0.1) is 0 Å². The standard InChI is InChI=1S/C30H38N4O4/c1-19-12-13-22(17-23(19)30(37)34-15-7-11-26(34)29-32-20(2)18-38-29)28(36)33-25(16-21-8-4-3-5-9-21)27(35)24-10-6-14-31-24/h3-5,8-9,13,17-19,24-27,31,35H,6-7,10-12,14-16H2,1-2H3,(H,33,36)/t19?,24-,25+,26-,27-/m1/s1. The van der Waals surface area contributed by atoms with Crippen LogP contribution < -0.4 is 10.6 Å². The monoisotopic (exact) mass is 518 g/mol. The highest BCUT2D eigenvalue weighted by Gasteiger charge is 2.37. The van der Waals surface area contributed by atoms with E-state index in [4.69, 9.17) is 4.42 Å². The van der Waals surface area contributed by atoms with E-state index >= 15 is 0 Å². The maximum absolute atomic E-state index is 13.7. The van der Waals surface area contributed by atoms with Crippen LogP contribution in [-0.2, 0) is 16.0 Å². The van der Waals surface area contributed by atoms with Gasteiger partial charge in [-0.1, -0.05) is 43.3 Å². The Balaban J connectivity index is 1.32. The molecule has 2 aliphatic heterocycles. The fourth-order valence-corrected chi connectivity index (χ4v) is 5.85. The number of allylic oxidation sites excluding steroid dienone is 1. The molecular formula is C30H38N4O4. The summed E-state index contributed by atoms with van der Waals surface area (Å²) in [5.41, 5.74) is 2.95. The molecule has 1 aliphatic carbocycles. The van der Waals surface area contributed by atoms with Crippen molar-refractivity contribution >= 4 is 11.8 Å². The number of hydrogen-bond acceptors (Lipinski definition) is 6. The lowest BCUT2D eigenvalue weighted by Gasteiger charge is -2.30. The van der Waals surface area contributed by atoms with E-state index in [0.717, 1.165) is 43.5 Å². The van der Waals surface area contributed by atoms with Crippen LogP contribution in [0.15, 0.2) is 64.3 Å². The van der Waals surface area contributed by atoms with Gasteiger partial charge in [0.15, 0.2) is 0 Å². The van der Waals surface area contributed by atoms with Crippen molar-refractivity contribution in [3.05, 3.63) is 77.0 Å². The van der Waals surface area contributed by atoms with Crippen molar-refractivity contribution in [1.29, 1.82) is 0 Å². The molecule has 38 heavy (non-hydrogen) atoms. The van der Waals surface area contributed by atoms with Crippen molar-refractivity contribution < 1.29 is 19.1 Å². The normalized spacial score (nSPS) is 25.0. The molecule has 2 aromatic rings. The minimum Gasteiger partial charge on any atom is -0.446 e. The van der Waals surface area contributed by atoms with E-state index in [-0.39, 0.29) is 29.8 Å². The third-order valence-electron chi connectivity index (χ3n) is 8.02. The van der Waals surface area contributed by atoms with Gasteiger partial charge in [-0.2, -0.15) is 0 Å². The Morgan fingerprint density at radius 1 is 1.24 bits per heavy atom. The third kappa shape index (κ3) is 5.76. The van der Waals surface area contributed by atoms with Crippen molar-refractivity contribution in [3.63, 3.8) is 0 Å². The molecule has 8 heteroatoms. The van der Waals surface area contributed by atoms with Crippen molar-refractivity contribution in [3.8, 4) is 0 Å². The molecule has 2 amide bonds. The second-order valence-corrected chi connectivity index (χ2v) is 10.8. The number of benzene rings is 1. The largest absolute Gasteiger partial charge is 0.446 e. The van der Waals surface area contributed by atoms with E-state index in [1.807, 2.05) is 55.2 Å². The van der Waals surface area contributed by atoms with Crippen LogP contribution in [0.5, 0.6) is 0 Å². The van der Waals surface area contributed by atoms with Gasteiger partial charge in [0.05, 0.1) is 17.8 Å². The van der Waals surface area contributed by atoms with Crippen molar-refractivity contribution in [1.82, 2.24) is 20.5 Å². The zero-order valence-corrected chi connectivity index (χ0v) is 22.2. The van der Waals surface area contributed by atoms with Crippen LogP contribution in [0.1, 0.15) is 62.2 Å². The molecule has 2 fully saturated rings. The first kappa shape index (κ1) is 26.4. The molecule has 0 bridgehead atoms. The summed E-state index contributed by atoms with van der Waals surface area (Å²) in [6.45, 7) is 5.40. The van der Waals surface area contributed by atoms with Crippen molar-refractivity contribution in [2.24, 2.45) is 5.92 Å². The summed E-state index contributed by atoms with van der Waals surface area (Å²) in [6.07, 6.45) is 9.25. The second kappa shape index (κ2) is 11.7. The van der Waals surface area contributed by atoms with E-state index in [0.29, 0.717) is 36.4 Å². The first-order valence-corrected chi connectivity index (χ1v) is 13.8. The number of amides is 2. The number of aliphatic hydroxyl groups excluding tert-OH is 1. The number of nitrogens with one attached hydrogen (secondary N) is 2. The molecule has 0 spiro atoms. The van der Waals surface area contributed by atoms with Gasteiger partial charge < -0.3 is 25.1 Å². The zero-order chi connectivity index (χ0) is 26.6. The van der Waals surface area contributed by atoms with Crippen LogP contribution >= 0.6 is 0 Å². The van der Waals surface area contributed by atoms with Gasteiger partial charge in [-0.3, -0.25) is 9.59 Å². The highest BCUT2D eigenvalue weighted by atomic mass is 16.3. The maximum Gasteiger partial charge on any atom is 0.251 e. The maximum atomic E-state index is 13.7. The zero-order valence-electron chi connectivity index (χ0n) is 22.2. The van der Waals surface area contributed by atoms with Gasteiger partial charge in [0.25, 0.3) is 11.8 Å². The van der Waals surface area contributed by atoms with Gasteiger partial charge in [-0.25, -0.2) is 4.98 Å².